The van der Waals surface area contributed by atoms with Crippen LogP contribution in [-0.2, 0) is 7.05 Å². The monoisotopic (exact) mass is 162 g/mol. The average Bonchev–Trinajstić information content (AvgIpc) is 2.31. The minimum atomic E-state index is 0.0358. The molecular weight excluding hydrogens is 152 g/mol. The molecule has 0 bridgehead atoms. The summed E-state index contributed by atoms with van der Waals surface area (Å²) in [6.45, 7) is 1.98. The van der Waals surface area contributed by atoms with Crippen molar-refractivity contribution in [2.75, 3.05) is 0 Å². The maximum absolute atomic E-state index is 11.4. The van der Waals surface area contributed by atoms with Crippen LogP contribution in [-0.4, -0.2) is 9.78 Å². The van der Waals surface area contributed by atoms with Gasteiger partial charge in [-0.1, -0.05) is 11.6 Å². The maximum Gasteiger partial charge on any atom is 0.274 e. The summed E-state index contributed by atoms with van der Waals surface area (Å²) in [6.07, 6.45) is 0. The zero-order valence-corrected chi connectivity index (χ0v) is 7.09. The fourth-order valence-electron chi connectivity index (χ4n) is 1.34. The van der Waals surface area contributed by atoms with Gasteiger partial charge in [0, 0.05) is 7.05 Å². The quantitative estimate of drug-likeness (QED) is 0.620. The second-order valence-electron chi connectivity index (χ2n) is 3.03. The number of rotatable bonds is 0. The zero-order valence-electron chi connectivity index (χ0n) is 7.09. The highest BCUT2D eigenvalue weighted by Gasteiger charge is 2.01. The molecule has 0 saturated carbocycles. The van der Waals surface area contributed by atoms with Gasteiger partial charge in [0.1, 0.15) is 0 Å². The number of nitrogens with zero attached hydrogens (tertiary/aromatic N) is 1. The smallest absolute Gasteiger partial charge is 0.274 e. The Bertz CT molecular complexity index is 479. The Morgan fingerprint density at radius 3 is 2.92 bits per heavy atom. The SMILES string of the molecule is Cc1ccc2[nH]n(C)c(=O)c2c1. The van der Waals surface area contributed by atoms with Crippen molar-refractivity contribution in [1.29, 1.82) is 0 Å². The summed E-state index contributed by atoms with van der Waals surface area (Å²) in [5.74, 6) is 0. The van der Waals surface area contributed by atoms with Crippen LogP contribution in [0.25, 0.3) is 10.9 Å². The summed E-state index contributed by atoms with van der Waals surface area (Å²) in [4.78, 5) is 11.4. The predicted molar refractivity (Wildman–Crippen MR) is 48.3 cm³/mol. The van der Waals surface area contributed by atoms with Gasteiger partial charge >= 0.3 is 0 Å². The molecule has 0 spiro atoms. The van der Waals surface area contributed by atoms with E-state index in [0.717, 1.165) is 16.5 Å². The number of H-pyrrole nitrogens is 1. The first-order valence-corrected chi connectivity index (χ1v) is 3.84. The van der Waals surface area contributed by atoms with Crippen LogP contribution in [0.5, 0.6) is 0 Å². The Labute approximate surface area is 69.6 Å². The van der Waals surface area contributed by atoms with Crippen LogP contribution in [0.1, 0.15) is 5.56 Å². The van der Waals surface area contributed by atoms with Gasteiger partial charge in [0.05, 0.1) is 10.9 Å². The van der Waals surface area contributed by atoms with E-state index in [1.807, 2.05) is 25.1 Å². The van der Waals surface area contributed by atoms with Gasteiger partial charge in [0.2, 0.25) is 0 Å². The topological polar surface area (TPSA) is 37.8 Å². The summed E-state index contributed by atoms with van der Waals surface area (Å²) in [5, 5.41) is 3.72. The molecule has 3 nitrogen and oxygen atoms in total. The van der Waals surface area contributed by atoms with Crippen molar-refractivity contribution in [3.05, 3.63) is 34.1 Å². The molecular formula is C9H10N2O. The standard InChI is InChI=1S/C9H10N2O/c1-6-3-4-8-7(5-6)9(12)11(2)10-8/h3-5,10H,1-2H3. The van der Waals surface area contributed by atoms with Crippen molar-refractivity contribution in [2.45, 2.75) is 6.92 Å². The minimum Gasteiger partial charge on any atom is -0.295 e. The van der Waals surface area contributed by atoms with Crippen LogP contribution < -0.4 is 5.56 Å². The lowest BCUT2D eigenvalue weighted by molar-refractivity contribution is 0.751. The Hall–Kier alpha value is -1.51. The summed E-state index contributed by atoms with van der Waals surface area (Å²) in [7, 11) is 1.72. The van der Waals surface area contributed by atoms with Gasteiger partial charge < -0.3 is 0 Å². The van der Waals surface area contributed by atoms with Gasteiger partial charge in [-0.25, -0.2) is 0 Å². The van der Waals surface area contributed by atoms with E-state index in [9.17, 15) is 4.79 Å². The molecule has 0 radical (unpaired) electrons. The fourth-order valence-corrected chi connectivity index (χ4v) is 1.34. The molecule has 1 heterocycles. The lowest BCUT2D eigenvalue weighted by Crippen LogP contribution is -2.11. The summed E-state index contributed by atoms with van der Waals surface area (Å²) >= 11 is 0. The van der Waals surface area contributed by atoms with Crippen molar-refractivity contribution in [3.63, 3.8) is 0 Å². The Kier molecular flexibility index (Phi) is 1.33. The Morgan fingerprint density at radius 2 is 2.17 bits per heavy atom. The largest absolute Gasteiger partial charge is 0.295 e. The number of benzene rings is 1. The second kappa shape index (κ2) is 2.24. The van der Waals surface area contributed by atoms with Crippen LogP contribution >= 0.6 is 0 Å². The zero-order chi connectivity index (χ0) is 8.72. The highest BCUT2D eigenvalue weighted by atomic mass is 16.1. The molecule has 1 aromatic carbocycles. The lowest BCUT2D eigenvalue weighted by Gasteiger charge is -1.88. The van der Waals surface area contributed by atoms with Crippen LogP contribution in [0.3, 0.4) is 0 Å². The van der Waals surface area contributed by atoms with Gasteiger partial charge in [0.25, 0.3) is 5.56 Å². The molecule has 0 aliphatic rings. The molecule has 2 rings (SSSR count). The van der Waals surface area contributed by atoms with E-state index in [1.54, 1.807) is 7.05 Å². The molecule has 1 aromatic heterocycles. The molecule has 62 valence electrons. The first kappa shape index (κ1) is 7.16. The van der Waals surface area contributed by atoms with Gasteiger partial charge in [-0.3, -0.25) is 14.6 Å². The van der Waals surface area contributed by atoms with E-state index in [1.165, 1.54) is 4.68 Å². The molecule has 0 amide bonds. The summed E-state index contributed by atoms with van der Waals surface area (Å²) < 4.78 is 1.49. The van der Waals surface area contributed by atoms with E-state index in [2.05, 4.69) is 5.10 Å². The van der Waals surface area contributed by atoms with Crippen LogP contribution in [0.15, 0.2) is 23.0 Å². The number of hydrogen-bond acceptors (Lipinski definition) is 1. The van der Waals surface area contributed by atoms with E-state index in [-0.39, 0.29) is 5.56 Å². The second-order valence-corrected chi connectivity index (χ2v) is 3.03. The van der Waals surface area contributed by atoms with E-state index < -0.39 is 0 Å². The van der Waals surface area contributed by atoms with Crippen LogP contribution in [0, 0.1) is 6.92 Å². The van der Waals surface area contributed by atoms with E-state index >= 15 is 0 Å². The van der Waals surface area contributed by atoms with Crippen LogP contribution in [0.4, 0.5) is 0 Å². The number of nitrogens with one attached hydrogen (secondary N) is 1. The van der Waals surface area contributed by atoms with E-state index in [0.29, 0.717) is 0 Å². The van der Waals surface area contributed by atoms with Crippen molar-refractivity contribution in [3.8, 4) is 0 Å². The Morgan fingerprint density at radius 1 is 1.42 bits per heavy atom. The highest BCUT2D eigenvalue weighted by molar-refractivity contribution is 5.78. The van der Waals surface area contributed by atoms with E-state index in [4.69, 9.17) is 0 Å². The lowest BCUT2D eigenvalue weighted by atomic mass is 10.2. The summed E-state index contributed by atoms with van der Waals surface area (Å²) in [5.41, 5.74) is 2.04. The molecule has 0 fully saturated rings. The molecule has 0 aliphatic heterocycles. The number of hydrogen-bond donors (Lipinski definition) is 1. The molecule has 0 unspecified atom stereocenters. The van der Waals surface area contributed by atoms with Crippen molar-refractivity contribution < 1.29 is 0 Å². The van der Waals surface area contributed by atoms with Crippen molar-refractivity contribution >= 4 is 10.9 Å². The normalized spacial score (nSPS) is 10.8. The minimum absolute atomic E-state index is 0.0358. The molecule has 0 aliphatic carbocycles. The third-order valence-corrected chi connectivity index (χ3v) is 2.00. The molecule has 2 aromatic rings. The summed E-state index contributed by atoms with van der Waals surface area (Å²) in [6, 6.07) is 5.80. The fraction of sp³-hybridized carbons (Fsp3) is 0.222. The van der Waals surface area contributed by atoms with Crippen LogP contribution in [0.2, 0.25) is 0 Å². The molecule has 3 heteroatoms. The molecule has 0 saturated heterocycles. The number of aromatic nitrogens is 2. The number of aryl methyl sites for hydroxylation is 2. The average molecular weight is 162 g/mol. The van der Waals surface area contributed by atoms with Gasteiger partial charge in [-0.15, -0.1) is 0 Å². The molecule has 12 heavy (non-hydrogen) atoms. The number of fused-ring (bicyclic) bond motifs is 1. The highest BCUT2D eigenvalue weighted by Crippen LogP contribution is 2.08. The van der Waals surface area contributed by atoms with Gasteiger partial charge in [-0.2, -0.15) is 0 Å². The maximum atomic E-state index is 11.4. The van der Waals surface area contributed by atoms with Gasteiger partial charge in [0.15, 0.2) is 0 Å². The van der Waals surface area contributed by atoms with Gasteiger partial charge in [-0.05, 0) is 19.1 Å². The van der Waals surface area contributed by atoms with Crippen molar-refractivity contribution in [2.24, 2.45) is 7.05 Å². The predicted octanol–water partition coefficient (Wildman–Crippen LogP) is 1.18. The first-order valence-electron chi connectivity index (χ1n) is 3.84. The third-order valence-electron chi connectivity index (χ3n) is 2.00. The molecule has 1 N–H and O–H groups in total. The first-order chi connectivity index (χ1) is 5.68. The Balaban J connectivity index is 2.98. The molecule has 0 atom stereocenters. The number of aromatic amines is 1. The van der Waals surface area contributed by atoms with Crippen molar-refractivity contribution in [1.82, 2.24) is 9.78 Å². The third kappa shape index (κ3) is 0.863.